The summed E-state index contributed by atoms with van der Waals surface area (Å²) in [6.45, 7) is 5.41. The monoisotopic (exact) mass is 241 g/mol. The van der Waals surface area contributed by atoms with Crippen molar-refractivity contribution in [1.29, 1.82) is 0 Å². The number of nitrogens with one attached hydrogen (secondary N) is 3. The van der Waals surface area contributed by atoms with Crippen molar-refractivity contribution in [2.75, 3.05) is 20.1 Å². The average molecular weight is 241 g/mol. The number of carbonyl (C=O) groups excluding carboxylic acids is 2. The predicted octanol–water partition coefficient (Wildman–Crippen LogP) is 0.0169. The van der Waals surface area contributed by atoms with E-state index < -0.39 is 6.04 Å². The second-order valence-corrected chi connectivity index (χ2v) is 4.72. The van der Waals surface area contributed by atoms with Crippen molar-refractivity contribution in [3.63, 3.8) is 0 Å². The fraction of sp³-hybridized carbons (Fsp3) is 0.833. The molecule has 1 saturated heterocycles. The number of hydrogen-bond donors (Lipinski definition) is 3. The zero-order valence-electron chi connectivity index (χ0n) is 10.9. The minimum absolute atomic E-state index is 0.0108. The molecule has 1 heterocycles. The van der Waals surface area contributed by atoms with E-state index in [-0.39, 0.29) is 17.2 Å². The molecule has 0 aliphatic carbocycles. The maximum Gasteiger partial charge on any atom is 0.242 e. The molecule has 1 fully saturated rings. The Bertz CT molecular complexity index is 285. The minimum atomic E-state index is -0.474. The number of rotatable bonds is 4. The van der Waals surface area contributed by atoms with E-state index in [2.05, 4.69) is 16.0 Å². The van der Waals surface area contributed by atoms with Gasteiger partial charge < -0.3 is 16.0 Å². The summed E-state index contributed by atoms with van der Waals surface area (Å²) in [5, 5.41) is 8.60. The highest BCUT2D eigenvalue weighted by Crippen LogP contribution is 2.30. The van der Waals surface area contributed by atoms with E-state index >= 15 is 0 Å². The number of hydrogen-bond acceptors (Lipinski definition) is 3. The molecule has 1 rings (SSSR count). The molecule has 0 bridgehead atoms. The first-order valence-electron chi connectivity index (χ1n) is 6.29. The Labute approximate surface area is 103 Å². The quantitative estimate of drug-likeness (QED) is 0.650. The zero-order chi connectivity index (χ0) is 12.9. The molecule has 3 N–H and O–H groups in total. The molecular formula is C12H23N3O2. The molecule has 2 atom stereocenters. The first kappa shape index (κ1) is 14.0. The van der Waals surface area contributed by atoms with E-state index in [4.69, 9.17) is 0 Å². The van der Waals surface area contributed by atoms with Gasteiger partial charge in [-0.2, -0.15) is 0 Å². The third-order valence-electron chi connectivity index (χ3n) is 3.62. The Balaban J connectivity index is 2.63. The Hall–Kier alpha value is -1.10. The molecule has 2 unspecified atom stereocenters. The molecule has 0 aromatic heterocycles. The summed E-state index contributed by atoms with van der Waals surface area (Å²) in [6.07, 6.45) is 2.70. The molecule has 5 nitrogen and oxygen atoms in total. The average Bonchev–Trinajstić information content (AvgIpc) is 2.38. The van der Waals surface area contributed by atoms with Crippen molar-refractivity contribution < 1.29 is 9.59 Å². The molecule has 17 heavy (non-hydrogen) atoms. The second kappa shape index (κ2) is 6.00. The lowest BCUT2D eigenvalue weighted by atomic mass is 9.77. The van der Waals surface area contributed by atoms with Crippen molar-refractivity contribution in [3.05, 3.63) is 0 Å². The number of carbonyl (C=O) groups is 2. The van der Waals surface area contributed by atoms with Gasteiger partial charge in [0.1, 0.15) is 6.04 Å². The lowest BCUT2D eigenvalue weighted by Gasteiger charge is -2.36. The maximum atomic E-state index is 12.3. The molecule has 0 aromatic rings. The van der Waals surface area contributed by atoms with E-state index in [0.717, 1.165) is 25.8 Å². The van der Waals surface area contributed by atoms with Gasteiger partial charge in [0, 0.05) is 13.6 Å². The standard InChI is InChI=1S/C12H23N3O2/c1-4-12(6-5-7-14-8-12)11(17)15-9(2)10(16)13-3/h9,14H,4-8H2,1-3H3,(H,13,16)(H,15,17). The van der Waals surface area contributed by atoms with E-state index in [1.807, 2.05) is 6.92 Å². The summed E-state index contributed by atoms with van der Waals surface area (Å²) >= 11 is 0. The lowest BCUT2D eigenvalue weighted by Crippen LogP contribution is -2.54. The topological polar surface area (TPSA) is 70.2 Å². The molecule has 0 saturated carbocycles. The van der Waals surface area contributed by atoms with Crippen LogP contribution < -0.4 is 16.0 Å². The summed E-state index contributed by atoms with van der Waals surface area (Å²) in [5.74, 6) is -0.170. The normalized spacial score (nSPS) is 26.1. The third-order valence-corrected chi connectivity index (χ3v) is 3.62. The van der Waals surface area contributed by atoms with E-state index in [1.165, 1.54) is 0 Å². The van der Waals surface area contributed by atoms with Gasteiger partial charge in [0.25, 0.3) is 0 Å². The van der Waals surface area contributed by atoms with Gasteiger partial charge >= 0.3 is 0 Å². The van der Waals surface area contributed by atoms with Crippen LogP contribution >= 0.6 is 0 Å². The van der Waals surface area contributed by atoms with Crippen molar-refractivity contribution in [2.24, 2.45) is 5.41 Å². The van der Waals surface area contributed by atoms with Gasteiger partial charge in [-0.1, -0.05) is 6.92 Å². The van der Waals surface area contributed by atoms with Crippen LogP contribution in [0.15, 0.2) is 0 Å². The van der Waals surface area contributed by atoms with Crippen LogP contribution in [0.5, 0.6) is 0 Å². The Morgan fingerprint density at radius 2 is 2.18 bits per heavy atom. The third kappa shape index (κ3) is 3.19. The van der Waals surface area contributed by atoms with Crippen LogP contribution in [0.25, 0.3) is 0 Å². The Kier molecular flexibility index (Phi) is 4.93. The van der Waals surface area contributed by atoms with Gasteiger partial charge in [-0.05, 0) is 32.7 Å². The first-order chi connectivity index (χ1) is 8.05. The van der Waals surface area contributed by atoms with Gasteiger partial charge in [0.05, 0.1) is 5.41 Å². The highest BCUT2D eigenvalue weighted by Gasteiger charge is 2.38. The van der Waals surface area contributed by atoms with E-state index in [0.29, 0.717) is 6.54 Å². The van der Waals surface area contributed by atoms with Crippen LogP contribution in [0.4, 0.5) is 0 Å². The predicted molar refractivity (Wildman–Crippen MR) is 66.5 cm³/mol. The van der Waals surface area contributed by atoms with E-state index in [9.17, 15) is 9.59 Å². The van der Waals surface area contributed by atoms with Crippen LogP contribution in [-0.2, 0) is 9.59 Å². The van der Waals surface area contributed by atoms with Crippen LogP contribution in [0.1, 0.15) is 33.1 Å². The molecule has 2 amide bonds. The number of amides is 2. The van der Waals surface area contributed by atoms with Gasteiger partial charge in [-0.25, -0.2) is 0 Å². The number of likely N-dealkylation sites (N-methyl/N-ethyl adjacent to an activating group) is 1. The van der Waals surface area contributed by atoms with Gasteiger partial charge in [-0.3, -0.25) is 9.59 Å². The first-order valence-corrected chi connectivity index (χ1v) is 6.29. The molecule has 0 spiro atoms. The van der Waals surface area contributed by atoms with E-state index in [1.54, 1.807) is 14.0 Å². The maximum absolute atomic E-state index is 12.3. The summed E-state index contributed by atoms with van der Waals surface area (Å²) in [4.78, 5) is 23.6. The molecule has 0 aromatic carbocycles. The highest BCUT2D eigenvalue weighted by atomic mass is 16.2. The van der Waals surface area contributed by atoms with Gasteiger partial charge in [-0.15, -0.1) is 0 Å². The molecule has 5 heteroatoms. The summed E-state index contributed by atoms with van der Waals surface area (Å²) < 4.78 is 0. The minimum Gasteiger partial charge on any atom is -0.357 e. The van der Waals surface area contributed by atoms with Crippen LogP contribution in [0.2, 0.25) is 0 Å². The van der Waals surface area contributed by atoms with Crippen molar-refractivity contribution in [1.82, 2.24) is 16.0 Å². The Morgan fingerprint density at radius 1 is 1.47 bits per heavy atom. The van der Waals surface area contributed by atoms with Crippen LogP contribution in [0, 0.1) is 5.41 Å². The molecular weight excluding hydrogens is 218 g/mol. The molecule has 98 valence electrons. The van der Waals surface area contributed by atoms with Gasteiger partial charge in [0.15, 0.2) is 0 Å². The molecule has 0 radical (unpaired) electrons. The zero-order valence-corrected chi connectivity index (χ0v) is 10.9. The fourth-order valence-electron chi connectivity index (χ4n) is 2.26. The summed E-state index contributed by atoms with van der Waals surface area (Å²) in [7, 11) is 1.57. The fourth-order valence-corrected chi connectivity index (χ4v) is 2.26. The second-order valence-electron chi connectivity index (χ2n) is 4.72. The van der Waals surface area contributed by atoms with Crippen molar-refractivity contribution >= 4 is 11.8 Å². The Morgan fingerprint density at radius 3 is 2.65 bits per heavy atom. The smallest absolute Gasteiger partial charge is 0.242 e. The largest absolute Gasteiger partial charge is 0.357 e. The molecule has 1 aliphatic rings. The SMILES string of the molecule is CCC1(C(=O)NC(C)C(=O)NC)CCCNC1. The number of piperidine rings is 1. The summed E-state index contributed by atoms with van der Waals surface area (Å²) in [6, 6.07) is -0.474. The van der Waals surface area contributed by atoms with Crippen LogP contribution in [-0.4, -0.2) is 38.0 Å². The molecule has 1 aliphatic heterocycles. The van der Waals surface area contributed by atoms with Crippen LogP contribution in [0.3, 0.4) is 0 Å². The lowest BCUT2D eigenvalue weighted by molar-refractivity contribution is -0.136. The van der Waals surface area contributed by atoms with Gasteiger partial charge in [0.2, 0.25) is 11.8 Å². The highest BCUT2D eigenvalue weighted by molar-refractivity contribution is 5.89. The van der Waals surface area contributed by atoms with Crippen molar-refractivity contribution in [3.8, 4) is 0 Å². The summed E-state index contributed by atoms with van der Waals surface area (Å²) in [5.41, 5.74) is -0.347. The van der Waals surface area contributed by atoms with Crippen molar-refractivity contribution in [2.45, 2.75) is 39.2 Å².